The van der Waals surface area contributed by atoms with Crippen LogP contribution in [0.5, 0.6) is 11.5 Å². The van der Waals surface area contributed by atoms with E-state index in [9.17, 15) is 0 Å². The molecule has 0 atom stereocenters. The molecule has 0 radical (unpaired) electrons. The lowest BCUT2D eigenvalue weighted by Gasteiger charge is -2.21. The zero-order valence-electron chi connectivity index (χ0n) is 19.5. The van der Waals surface area contributed by atoms with Crippen LogP contribution in [-0.4, -0.2) is 0 Å². The van der Waals surface area contributed by atoms with Crippen molar-refractivity contribution in [2.75, 3.05) is 0 Å². The summed E-state index contributed by atoms with van der Waals surface area (Å²) in [5.41, 5.74) is 13.7. The van der Waals surface area contributed by atoms with E-state index in [1.807, 2.05) is 0 Å². The first-order valence-corrected chi connectivity index (χ1v) is 11.5. The molecule has 1 heteroatoms. The Bertz CT molecular complexity index is 1210. The van der Waals surface area contributed by atoms with Crippen LogP contribution in [0.25, 0.3) is 0 Å². The highest BCUT2D eigenvalue weighted by molar-refractivity contribution is 5.50. The van der Waals surface area contributed by atoms with E-state index in [-0.39, 0.29) is 0 Å². The first-order valence-electron chi connectivity index (χ1n) is 11.5. The van der Waals surface area contributed by atoms with Crippen molar-refractivity contribution in [2.45, 2.75) is 47.0 Å². The van der Waals surface area contributed by atoms with Gasteiger partial charge in [-0.25, -0.2) is 0 Å². The van der Waals surface area contributed by atoms with Crippen LogP contribution >= 0.6 is 0 Å². The molecule has 0 aromatic heterocycles. The van der Waals surface area contributed by atoms with E-state index < -0.39 is 0 Å². The highest BCUT2D eigenvalue weighted by Gasteiger charge is 2.17. The first kappa shape index (κ1) is 20.6. The number of aryl methyl sites for hydroxylation is 4. The molecule has 0 fully saturated rings. The Hall–Kier alpha value is -3.32. The number of benzene rings is 4. The number of hydrogen-bond donors (Lipinski definition) is 0. The number of rotatable bonds is 4. The van der Waals surface area contributed by atoms with E-state index in [2.05, 4.69) is 100 Å². The summed E-state index contributed by atoms with van der Waals surface area (Å²) < 4.78 is 6.19. The highest BCUT2D eigenvalue weighted by atomic mass is 16.5. The van der Waals surface area contributed by atoms with Gasteiger partial charge < -0.3 is 4.74 Å². The minimum atomic E-state index is 0.903. The third-order valence-electron chi connectivity index (χ3n) is 6.90. The van der Waals surface area contributed by atoms with Gasteiger partial charge in [0.15, 0.2) is 0 Å². The molecule has 1 nitrogen and oxygen atoms in total. The van der Waals surface area contributed by atoms with Gasteiger partial charge in [-0.2, -0.15) is 0 Å². The molecule has 160 valence electrons. The fourth-order valence-corrected chi connectivity index (χ4v) is 4.60. The average Bonchev–Trinajstić information content (AvgIpc) is 2.77. The molecule has 0 saturated heterocycles. The van der Waals surface area contributed by atoms with Gasteiger partial charge in [-0.15, -0.1) is 0 Å². The minimum Gasteiger partial charge on any atom is -0.457 e. The standard InChI is InChI=1S/C31H30O/c1-20-5-7-24(13-22(20)3)15-25-8-9-26-17-27-10-12-31(19-29(27)18-28(26)16-25)32-30-11-6-21(2)23(4)14-30/h5-14,16,19H,15,17-18H2,1-4H3. The van der Waals surface area contributed by atoms with Crippen molar-refractivity contribution in [3.8, 4) is 11.5 Å². The summed E-state index contributed by atoms with van der Waals surface area (Å²) >= 11 is 0. The third-order valence-corrected chi connectivity index (χ3v) is 6.90. The second kappa shape index (κ2) is 8.31. The molecule has 5 rings (SSSR count). The van der Waals surface area contributed by atoms with Gasteiger partial charge in [-0.1, -0.05) is 48.5 Å². The monoisotopic (exact) mass is 418 g/mol. The van der Waals surface area contributed by atoms with Crippen LogP contribution in [0, 0.1) is 27.7 Å². The Kier molecular flexibility index (Phi) is 5.35. The molecule has 4 aromatic rings. The first-order chi connectivity index (χ1) is 15.4. The Morgan fingerprint density at radius 3 is 1.78 bits per heavy atom. The third kappa shape index (κ3) is 4.21. The highest BCUT2D eigenvalue weighted by Crippen LogP contribution is 2.32. The van der Waals surface area contributed by atoms with Crippen molar-refractivity contribution in [1.29, 1.82) is 0 Å². The molecule has 0 spiro atoms. The predicted octanol–water partition coefficient (Wildman–Crippen LogP) is 7.80. The molecule has 1 aliphatic carbocycles. The summed E-state index contributed by atoms with van der Waals surface area (Å²) in [4.78, 5) is 0. The van der Waals surface area contributed by atoms with E-state index in [0.717, 1.165) is 30.8 Å². The topological polar surface area (TPSA) is 9.23 Å². The van der Waals surface area contributed by atoms with Gasteiger partial charge in [-0.05, 0) is 127 Å². The summed E-state index contributed by atoms with van der Waals surface area (Å²) in [5, 5.41) is 0. The summed E-state index contributed by atoms with van der Waals surface area (Å²) in [6.45, 7) is 8.62. The SMILES string of the molecule is Cc1ccc(Cc2ccc3c(c2)Cc2cc(Oc4ccc(C)c(C)c4)ccc2C3)cc1C. The van der Waals surface area contributed by atoms with E-state index in [0.29, 0.717) is 0 Å². The summed E-state index contributed by atoms with van der Waals surface area (Å²) in [6, 6.07) is 26.7. The van der Waals surface area contributed by atoms with Gasteiger partial charge in [0.05, 0.1) is 0 Å². The molecular formula is C31H30O. The molecule has 0 unspecified atom stereocenters. The smallest absolute Gasteiger partial charge is 0.127 e. The normalized spacial score (nSPS) is 12.2. The van der Waals surface area contributed by atoms with Crippen molar-refractivity contribution in [3.63, 3.8) is 0 Å². The lowest BCUT2D eigenvalue weighted by Crippen LogP contribution is -2.08. The average molecular weight is 419 g/mol. The molecule has 0 amide bonds. The zero-order valence-corrected chi connectivity index (χ0v) is 19.5. The number of ether oxygens (including phenoxy) is 1. The van der Waals surface area contributed by atoms with Gasteiger partial charge in [0.2, 0.25) is 0 Å². The lowest BCUT2D eigenvalue weighted by molar-refractivity contribution is 0.481. The maximum atomic E-state index is 6.19. The summed E-state index contributed by atoms with van der Waals surface area (Å²) in [6.07, 6.45) is 2.95. The van der Waals surface area contributed by atoms with Crippen LogP contribution in [0.2, 0.25) is 0 Å². The van der Waals surface area contributed by atoms with Crippen LogP contribution in [0.3, 0.4) is 0 Å². The zero-order chi connectivity index (χ0) is 22.2. The quantitative estimate of drug-likeness (QED) is 0.289. The van der Waals surface area contributed by atoms with Gasteiger partial charge in [0, 0.05) is 0 Å². The van der Waals surface area contributed by atoms with Crippen LogP contribution in [0.1, 0.15) is 55.6 Å². The minimum absolute atomic E-state index is 0.903. The van der Waals surface area contributed by atoms with Gasteiger partial charge >= 0.3 is 0 Å². The summed E-state index contributed by atoms with van der Waals surface area (Å²) in [5.74, 6) is 1.82. The second-order valence-electron chi connectivity index (χ2n) is 9.33. The Balaban J connectivity index is 1.37. The van der Waals surface area contributed by atoms with E-state index in [1.54, 1.807) is 0 Å². The van der Waals surface area contributed by atoms with E-state index in [1.165, 1.54) is 55.6 Å². The molecular weight excluding hydrogens is 388 g/mol. The molecule has 4 aromatic carbocycles. The van der Waals surface area contributed by atoms with Crippen molar-refractivity contribution in [3.05, 3.63) is 128 Å². The van der Waals surface area contributed by atoms with Crippen LogP contribution in [0.15, 0.2) is 72.8 Å². The van der Waals surface area contributed by atoms with Crippen LogP contribution in [0.4, 0.5) is 0 Å². The molecule has 0 saturated carbocycles. The fraction of sp³-hybridized carbons (Fsp3) is 0.226. The molecule has 0 N–H and O–H groups in total. The number of fused-ring (bicyclic) bond motifs is 2. The molecule has 0 heterocycles. The van der Waals surface area contributed by atoms with Gasteiger partial charge in [0.25, 0.3) is 0 Å². The van der Waals surface area contributed by atoms with Crippen molar-refractivity contribution >= 4 is 0 Å². The lowest BCUT2D eigenvalue weighted by atomic mass is 9.84. The van der Waals surface area contributed by atoms with Crippen molar-refractivity contribution in [2.24, 2.45) is 0 Å². The molecule has 32 heavy (non-hydrogen) atoms. The fourth-order valence-electron chi connectivity index (χ4n) is 4.60. The molecule has 0 aliphatic heterocycles. The largest absolute Gasteiger partial charge is 0.457 e. The van der Waals surface area contributed by atoms with Crippen LogP contribution < -0.4 is 4.74 Å². The summed E-state index contributed by atoms with van der Waals surface area (Å²) in [7, 11) is 0. The van der Waals surface area contributed by atoms with Gasteiger partial charge in [0.1, 0.15) is 11.5 Å². The van der Waals surface area contributed by atoms with Crippen molar-refractivity contribution < 1.29 is 4.74 Å². The second-order valence-corrected chi connectivity index (χ2v) is 9.33. The maximum absolute atomic E-state index is 6.19. The molecule has 0 bridgehead atoms. The van der Waals surface area contributed by atoms with E-state index >= 15 is 0 Å². The van der Waals surface area contributed by atoms with Gasteiger partial charge in [-0.3, -0.25) is 0 Å². The van der Waals surface area contributed by atoms with Crippen molar-refractivity contribution in [1.82, 2.24) is 0 Å². The van der Waals surface area contributed by atoms with Crippen LogP contribution in [-0.2, 0) is 19.3 Å². The Labute approximate surface area is 191 Å². The molecule has 1 aliphatic rings. The Morgan fingerprint density at radius 2 is 1.03 bits per heavy atom. The number of hydrogen-bond acceptors (Lipinski definition) is 1. The van der Waals surface area contributed by atoms with E-state index in [4.69, 9.17) is 4.74 Å². The maximum Gasteiger partial charge on any atom is 0.127 e. The Morgan fingerprint density at radius 1 is 0.500 bits per heavy atom. The predicted molar refractivity (Wildman–Crippen MR) is 133 cm³/mol.